The molecule has 0 saturated carbocycles. The van der Waals surface area contributed by atoms with Crippen molar-refractivity contribution >= 4 is 11.3 Å². The van der Waals surface area contributed by atoms with Gasteiger partial charge in [-0.05, 0) is 73.3 Å². The lowest BCUT2D eigenvalue weighted by molar-refractivity contribution is -0.112. The Bertz CT molecular complexity index is 1150. The smallest absolute Gasteiger partial charge is 0.115 e. The maximum Gasteiger partial charge on any atom is 0.115 e. The minimum atomic E-state index is -1.39. The lowest BCUT2D eigenvalue weighted by atomic mass is 9.53. The van der Waals surface area contributed by atoms with Gasteiger partial charge in [-0.25, -0.2) is 0 Å². The van der Waals surface area contributed by atoms with Gasteiger partial charge >= 0.3 is 0 Å². The number of allylic oxidation sites excluding steroid dienone is 2. The standard InChI is InChI=1S/C28H39N3O3/c1-13-10-11-19(30(6)7)22-15(3)23-21(14(2)20(13)22)16(4)28(34)12-18(17(5)29)26(32)25(31(8)9)24(28)27(23)33/h10-11,15,23-25,27,32-34H,2,5,12,29H2,1,3-4,6-9H3/t15-,23+,24+,25-,27-,28+/m0/s1. The minimum absolute atomic E-state index is 0.0119. The molecule has 1 aromatic carbocycles. The van der Waals surface area contributed by atoms with E-state index in [1.54, 1.807) is 0 Å². The molecule has 3 aliphatic rings. The summed E-state index contributed by atoms with van der Waals surface area (Å²) in [5, 5.41) is 35.4. The van der Waals surface area contributed by atoms with E-state index in [0.717, 1.165) is 33.5 Å². The van der Waals surface area contributed by atoms with E-state index in [2.05, 4.69) is 44.0 Å². The van der Waals surface area contributed by atoms with Crippen molar-refractivity contribution in [1.82, 2.24) is 4.90 Å². The normalized spacial score (nSPS) is 33.0. The van der Waals surface area contributed by atoms with Crippen LogP contribution in [0.25, 0.3) is 5.57 Å². The monoisotopic (exact) mass is 465 g/mol. The number of rotatable bonds is 3. The fourth-order valence-corrected chi connectivity index (χ4v) is 6.92. The first-order valence-electron chi connectivity index (χ1n) is 11.9. The average molecular weight is 466 g/mol. The number of hydrogen-bond donors (Lipinski definition) is 4. The molecule has 184 valence electrons. The van der Waals surface area contributed by atoms with Crippen LogP contribution in [0.2, 0.25) is 0 Å². The number of benzene rings is 1. The SMILES string of the molecule is C=C(N)C1=C(O)[C@@H](N(C)C)[C@@H]2[C@@H](O)[C@H]3C(=C(C)[C@]2(O)C1)C(=C)c1c(C)ccc(N(C)C)c1[C@@H]3C. The lowest BCUT2D eigenvalue weighted by Gasteiger charge is -2.57. The predicted molar refractivity (Wildman–Crippen MR) is 139 cm³/mol. The molecular weight excluding hydrogens is 426 g/mol. The second kappa shape index (κ2) is 8.01. The zero-order chi connectivity index (χ0) is 25.4. The van der Waals surface area contributed by atoms with E-state index in [-0.39, 0.29) is 29.7 Å². The van der Waals surface area contributed by atoms with Crippen molar-refractivity contribution in [3.8, 4) is 0 Å². The van der Waals surface area contributed by atoms with E-state index in [1.165, 1.54) is 5.56 Å². The third-order valence-electron chi connectivity index (χ3n) is 8.53. The van der Waals surface area contributed by atoms with Crippen LogP contribution < -0.4 is 10.6 Å². The lowest BCUT2D eigenvalue weighted by Crippen LogP contribution is -2.63. The predicted octanol–water partition coefficient (Wildman–Crippen LogP) is 3.46. The Morgan fingerprint density at radius 2 is 1.79 bits per heavy atom. The molecule has 0 fully saturated rings. The van der Waals surface area contributed by atoms with Gasteiger partial charge in [0.25, 0.3) is 0 Å². The summed E-state index contributed by atoms with van der Waals surface area (Å²) in [6.07, 6.45) is -0.797. The Morgan fingerprint density at radius 1 is 1.18 bits per heavy atom. The second-order valence-corrected chi connectivity index (χ2v) is 10.8. The fraction of sp³-hybridized carbons (Fsp3) is 0.500. The van der Waals surface area contributed by atoms with E-state index in [9.17, 15) is 15.3 Å². The van der Waals surface area contributed by atoms with Gasteiger partial charge < -0.3 is 26.0 Å². The first-order chi connectivity index (χ1) is 15.8. The number of hydrogen-bond acceptors (Lipinski definition) is 6. The number of aryl methyl sites for hydroxylation is 1. The van der Waals surface area contributed by atoms with Crippen LogP contribution in [0, 0.1) is 18.8 Å². The fourth-order valence-electron chi connectivity index (χ4n) is 6.92. The Balaban J connectivity index is 2.03. The molecule has 0 spiro atoms. The zero-order valence-electron chi connectivity index (χ0n) is 21.5. The molecule has 0 bridgehead atoms. The summed E-state index contributed by atoms with van der Waals surface area (Å²) < 4.78 is 0. The first-order valence-corrected chi connectivity index (χ1v) is 11.9. The highest BCUT2D eigenvalue weighted by atomic mass is 16.3. The van der Waals surface area contributed by atoms with Crippen molar-refractivity contribution in [3.05, 3.63) is 70.2 Å². The second-order valence-electron chi connectivity index (χ2n) is 10.8. The van der Waals surface area contributed by atoms with Gasteiger partial charge in [0.05, 0.1) is 17.7 Å². The summed E-state index contributed by atoms with van der Waals surface area (Å²) >= 11 is 0. The Morgan fingerprint density at radius 3 is 2.32 bits per heavy atom. The van der Waals surface area contributed by atoms with Gasteiger partial charge in [-0.1, -0.05) is 26.1 Å². The topological polar surface area (TPSA) is 93.2 Å². The van der Waals surface area contributed by atoms with Crippen LogP contribution in [0.1, 0.15) is 42.9 Å². The van der Waals surface area contributed by atoms with Crippen LogP contribution in [0.15, 0.2) is 53.5 Å². The molecular formula is C28H39N3O3. The quantitative estimate of drug-likeness (QED) is 0.546. The summed E-state index contributed by atoms with van der Waals surface area (Å²) in [5.41, 5.74) is 12.4. The van der Waals surface area contributed by atoms with Gasteiger partial charge in [0.1, 0.15) is 5.76 Å². The molecule has 34 heavy (non-hydrogen) atoms. The molecule has 4 rings (SSSR count). The maximum atomic E-state index is 12.3. The number of aliphatic hydroxyl groups is 3. The largest absolute Gasteiger partial charge is 0.510 e. The number of likely N-dealkylation sites (N-methyl/N-ethyl adjacent to an activating group) is 1. The Labute approximate surface area is 203 Å². The maximum absolute atomic E-state index is 12.3. The van der Waals surface area contributed by atoms with Crippen LogP contribution in [-0.4, -0.2) is 66.2 Å². The molecule has 0 saturated heterocycles. The molecule has 6 atom stereocenters. The molecule has 3 aliphatic carbocycles. The molecule has 0 aromatic heterocycles. The van der Waals surface area contributed by atoms with Gasteiger partial charge in [0, 0.05) is 49.3 Å². The number of anilines is 1. The number of aliphatic hydroxyl groups excluding tert-OH is 2. The Kier molecular flexibility index (Phi) is 5.79. The summed E-state index contributed by atoms with van der Waals surface area (Å²) in [7, 11) is 7.74. The molecule has 5 N–H and O–H groups in total. The minimum Gasteiger partial charge on any atom is -0.510 e. The molecule has 0 radical (unpaired) electrons. The summed E-state index contributed by atoms with van der Waals surface area (Å²) in [6, 6.07) is 3.63. The van der Waals surface area contributed by atoms with Crippen LogP contribution in [0.4, 0.5) is 5.69 Å². The van der Waals surface area contributed by atoms with Crippen molar-refractivity contribution in [1.29, 1.82) is 0 Å². The zero-order valence-corrected chi connectivity index (χ0v) is 21.5. The van der Waals surface area contributed by atoms with Crippen LogP contribution in [0.3, 0.4) is 0 Å². The van der Waals surface area contributed by atoms with Gasteiger partial charge in [-0.2, -0.15) is 0 Å². The van der Waals surface area contributed by atoms with Gasteiger partial charge in [0.2, 0.25) is 0 Å². The van der Waals surface area contributed by atoms with E-state index in [4.69, 9.17) is 5.73 Å². The van der Waals surface area contributed by atoms with Crippen molar-refractivity contribution in [3.63, 3.8) is 0 Å². The van der Waals surface area contributed by atoms with Gasteiger partial charge in [-0.15, -0.1) is 0 Å². The van der Waals surface area contributed by atoms with E-state index in [0.29, 0.717) is 5.57 Å². The summed E-state index contributed by atoms with van der Waals surface area (Å²) in [5.74, 6) is -0.829. The number of nitrogens with zero attached hydrogens (tertiary/aromatic N) is 2. The summed E-state index contributed by atoms with van der Waals surface area (Å²) in [6.45, 7) is 14.5. The van der Waals surface area contributed by atoms with Crippen molar-refractivity contribution in [2.45, 2.75) is 50.9 Å². The highest BCUT2D eigenvalue weighted by Gasteiger charge is 2.60. The number of nitrogens with two attached hydrogens (primary N) is 1. The van der Waals surface area contributed by atoms with Gasteiger partial charge in [0.15, 0.2) is 0 Å². The molecule has 6 nitrogen and oxygen atoms in total. The highest BCUT2D eigenvalue weighted by Crippen LogP contribution is 2.60. The average Bonchev–Trinajstić information content (AvgIpc) is 2.74. The third-order valence-corrected chi connectivity index (χ3v) is 8.53. The third kappa shape index (κ3) is 3.12. The van der Waals surface area contributed by atoms with E-state index in [1.807, 2.05) is 40.0 Å². The first kappa shape index (κ1) is 24.6. The molecule has 0 aliphatic heterocycles. The van der Waals surface area contributed by atoms with Crippen LogP contribution in [-0.2, 0) is 0 Å². The van der Waals surface area contributed by atoms with E-state index >= 15 is 0 Å². The van der Waals surface area contributed by atoms with E-state index < -0.39 is 23.7 Å². The molecule has 0 heterocycles. The van der Waals surface area contributed by atoms with Gasteiger partial charge in [-0.3, -0.25) is 4.90 Å². The van der Waals surface area contributed by atoms with Crippen molar-refractivity contribution in [2.24, 2.45) is 17.6 Å². The Hall–Kier alpha value is -2.54. The molecule has 6 heteroatoms. The molecule has 0 amide bonds. The number of fused-ring (bicyclic) bond motifs is 3. The van der Waals surface area contributed by atoms with Crippen molar-refractivity contribution in [2.75, 3.05) is 33.1 Å². The highest BCUT2D eigenvalue weighted by molar-refractivity contribution is 5.88. The molecule has 0 unspecified atom stereocenters. The summed E-state index contributed by atoms with van der Waals surface area (Å²) in [4.78, 5) is 3.95. The van der Waals surface area contributed by atoms with Crippen molar-refractivity contribution < 1.29 is 15.3 Å². The van der Waals surface area contributed by atoms with Crippen LogP contribution in [0.5, 0.6) is 0 Å². The van der Waals surface area contributed by atoms with Crippen LogP contribution >= 0.6 is 0 Å². The molecule has 1 aromatic rings.